The van der Waals surface area contributed by atoms with Gasteiger partial charge in [-0.3, -0.25) is 4.72 Å². The molecule has 3 N–H and O–H groups in total. The van der Waals surface area contributed by atoms with E-state index in [4.69, 9.17) is 10.5 Å². The summed E-state index contributed by atoms with van der Waals surface area (Å²) in [6.45, 7) is -0.591. The van der Waals surface area contributed by atoms with Gasteiger partial charge in [-0.15, -0.1) is 0 Å². The van der Waals surface area contributed by atoms with Gasteiger partial charge in [0.25, 0.3) is 0 Å². The molecule has 1 aliphatic heterocycles. The Morgan fingerprint density at radius 2 is 2.21 bits per heavy atom. The van der Waals surface area contributed by atoms with Crippen molar-refractivity contribution in [1.29, 1.82) is 0 Å². The van der Waals surface area contributed by atoms with Gasteiger partial charge in [0.1, 0.15) is 6.67 Å². The molecule has 0 amide bonds. The first-order chi connectivity index (χ1) is 9.26. The van der Waals surface area contributed by atoms with Gasteiger partial charge in [-0.05, 0) is 23.0 Å². The van der Waals surface area contributed by atoms with Crippen molar-refractivity contribution in [2.45, 2.75) is 24.6 Å². The van der Waals surface area contributed by atoms with E-state index < -0.39 is 18.8 Å². The highest BCUT2D eigenvalue weighted by atomic mass is 32.2. The number of nitrogens with two attached hydrogens (primary N) is 1. The Labute approximate surface area is 117 Å². The molecule has 19 heavy (non-hydrogen) atoms. The number of nitrogens with one attached hydrogen (secondary N) is 1. The van der Waals surface area contributed by atoms with Crippen LogP contribution in [0.25, 0.3) is 0 Å². The lowest BCUT2D eigenvalue weighted by atomic mass is 9.98. The standard InChI is InChI=1S/C14H19FN2OS/c1-18-14(12(16)9-15)11-6-4-10(5-7-11)13-3-2-8-19-17-13/h2,4-8,12-14,17H,3,9,16H2,1H3. The van der Waals surface area contributed by atoms with Crippen LogP contribution in [0.2, 0.25) is 0 Å². The molecule has 3 atom stereocenters. The molecule has 3 unspecified atom stereocenters. The lowest BCUT2D eigenvalue weighted by Gasteiger charge is -2.22. The molecule has 0 aliphatic carbocycles. The van der Waals surface area contributed by atoms with Crippen molar-refractivity contribution in [3.05, 3.63) is 46.9 Å². The fourth-order valence-corrected chi connectivity index (χ4v) is 2.85. The molecular weight excluding hydrogens is 263 g/mol. The minimum Gasteiger partial charge on any atom is -0.375 e. The Morgan fingerprint density at radius 1 is 1.47 bits per heavy atom. The largest absolute Gasteiger partial charge is 0.375 e. The zero-order valence-corrected chi connectivity index (χ0v) is 11.7. The fourth-order valence-electron chi connectivity index (χ4n) is 2.17. The molecule has 2 rings (SSSR count). The lowest BCUT2D eigenvalue weighted by Crippen LogP contribution is -2.31. The minimum absolute atomic E-state index is 0.319. The topological polar surface area (TPSA) is 47.3 Å². The van der Waals surface area contributed by atoms with E-state index in [-0.39, 0.29) is 0 Å². The van der Waals surface area contributed by atoms with Gasteiger partial charge in [0, 0.05) is 13.2 Å². The number of methoxy groups -OCH3 is 1. The molecule has 1 aromatic rings. The van der Waals surface area contributed by atoms with Gasteiger partial charge in [0.05, 0.1) is 12.1 Å². The summed E-state index contributed by atoms with van der Waals surface area (Å²) >= 11 is 1.60. The summed E-state index contributed by atoms with van der Waals surface area (Å²) in [4.78, 5) is 0. The number of benzene rings is 1. The average molecular weight is 282 g/mol. The van der Waals surface area contributed by atoms with Crippen LogP contribution >= 0.6 is 11.9 Å². The van der Waals surface area contributed by atoms with Crippen LogP contribution in [-0.2, 0) is 4.74 Å². The van der Waals surface area contributed by atoms with Crippen LogP contribution in [0.4, 0.5) is 4.39 Å². The number of halogens is 1. The average Bonchev–Trinajstić information content (AvgIpc) is 2.49. The summed E-state index contributed by atoms with van der Waals surface area (Å²) in [6.07, 6.45) is 2.73. The normalized spacial score (nSPS) is 22.2. The highest BCUT2D eigenvalue weighted by Crippen LogP contribution is 2.27. The van der Waals surface area contributed by atoms with Crippen LogP contribution in [0.5, 0.6) is 0 Å². The summed E-state index contributed by atoms with van der Waals surface area (Å²) in [5.74, 6) is 0. The van der Waals surface area contributed by atoms with Crippen molar-refractivity contribution in [2.24, 2.45) is 5.73 Å². The summed E-state index contributed by atoms with van der Waals surface area (Å²) in [7, 11) is 1.55. The first-order valence-electron chi connectivity index (χ1n) is 6.26. The van der Waals surface area contributed by atoms with Crippen molar-refractivity contribution in [3.8, 4) is 0 Å². The summed E-state index contributed by atoms with van der Waals surface area (Å²) in [5, 5.41) is 2.05. The van der Waals surface area contributed by atoms with Crippen molar-refractivity contribution >= 4 is 11.9 Å². The Balaban J connectivity index is 2.10. The molecule has 0 saturated heterocycles. The zero-order valence-electron chi connectivity index (χ0n) is 10.9. The first kappa shape index (κ1) is 14.5. The Kier molecular flexibility index (Phi) is 5.39. The van der Waals surface area contributed by atoms with Gasteiger partial charge in [0.2, 0.25) is 0 Å². The van der Waals surface area contributed by atoms with Crippen molar-refractivity contribution in [1.82, 2.24) is 4.72 Å². The molecule has 0 radical (unpaired) electrons. The highest BCUT2D eigenvalue weighted by Gasteiger charge is 2.20. The molecular formula is C14H19FN2OS. The van der Waals surface area contributed by atoms with E-state index in [1.54, 1.807) is 19.1 Å². The maximum absolute atomic E-state index is 12.7. The van der Waals surface area contributed by atoms with E-state index in [1.807, 2.05) is 29.7 Å². The third kappa shape index (κ3) is 3.57. The van der Waals surface area contributed by atoms with Crippen molar-refractivity contribution < 1.29 is 9.13 Å². The second-order valence-electron chi connectivity index (χ2n) is 4.54. The van der Waals surface area contributed by atoms with Gasteiger partial charge in [-0.1, -0.05) is 42.3 Å². The number of hydrogen-bond donors (Lipinski definition) is 2. The summed E-state index contributed by atoms with van der Waals surface area (Å²) in [6, 6.07) is 7.71. The molecule has 104 valence electrons. The van der Waals surface area contributed by atoms with E-state index in [0.29, 0.717) is 6.04 Å². The van der Waals surface area contributed by atoms with Gasteiger partial charge in [0.15, 0.2) is 0 Å². The number of alkyl halides is 1. The van der Waals surface area contributed by atoms with Crippen LogP contribution in [0, 0.1) is 0 Å². The minimum atomic E-state index is -0.623. The monoisotopic (exact) mass is 282 g/mol. The third-order valence-electron chi connectivity index (χ3n) is 3.23. The highest BCUT2D eigenvalue weighted by molar-refractivity contribution is 8.00. The maximum atomic E-state index is 12.7. The van der Waals surface area contributed by atoms with Crippen LogP contribution in [0.15, 0.2) is 35.7 Å². The zero-order chi connectivity index (χ0) is 13.7. The maximum Gasteiger partial charge on any atom is 0.107 e. The molecule has 0 spiro atoms. The van der Waals surface area contributed by atoms with Crippen molar-refractivity contribution in [3.63, 3.8) is 0 Å². The van der Waals surface area contributed by atoms with Crippen LogP contribution in [0.1, 0.15) is 29.7 Å². The van der Waals surface area contributed by atoms with E-state index in [9.17, 15) is 4.39 Å². The predicted octanol–water partition coefficient (Wildman–Crippen LogP) is 2.87. The molecule has 1 aliphatic rings. The number of rotatable bonds is 5. The van der Waals surface area contributed by atoms with E-state index in [0.717, 1.165) is 12.0 Å². The molecule has 0 aromatic heterocycles. The van der Waals surface area contributed by atoms with Gasteiger partial charge in [-0.25, -0.2) is 4.39 Å². The summed E-state index contributed by atoms with van der Waals surface area (Å²) in [5.41, 5.74) is 7.84. The Hall–Kier alpha value is -0.880. The van der Waals surface area contributed by atoms with Crippen molar-refractivity contribution in [2.75, 3.05) is 13.8 Å². The number of hydrogen-bond acceptors (Lipinski definition) is 4. The lowest BCUT2D eigenvalue weighted by molar-refractivity contribution is 0.0720. The third-order valence-corrected chi connectivity index (χ3v) is 3.98. The Bertz CT molecular complexity index is 424. The Morgan fingerprint density at radius 3 is 2.74 bits per heavy atom. The SMILES string of the molecule is COC(c1ccc(C2CC=CSN2)cc1)C(N)CF. The van der Waals surface area contributed by atoms with Crippen LogP contribution in [-0.4, -0.2) is 19.8 Å². The quantitative estimate of drug-likeness (QED) is 0.815. The molecule has 0 saturated carbocycles. The molecule has 5 heteroatoms. The van der Waals surface area contributed by atoms with Crippen LogP contribution < -0.4 is 10.5 Å². The molecule has 1 aromatic carbocycles. The van der Waals surface area contributed by atoms with E-state index in [2.05, 4.69) is 10.8 Å². The van der Waals surface area contributed by atoms with Crippen LogP contribution in [0.3, 0.4) is 0 Å². The predicted molar refractivity (Wildman–Crippen MR) is 77.4 cm³/mol. The smallest absolute Gasteiger partial charge is 0.107 e. The van der Waals surface area contributed by atoms with Gasteiger partial charge < -0.3 is 10.5 Å². The molecule has 3 nitrogen and oxygen atoms in total. The molecule has 1 heterocycles. The second kappa shape index (κ2) is 7.05. The summed E-state index contributed by atoms with van der Waals surface area (Å²) < 4.78 is 21.3. The van der Waals surface area contributed by atoms with Gasteiger partial charge in [-0.2, -0.15) is 0 Å². The van der Waals surface area contributed by atoms with Gasteiger partial charge >= 0.3 is 0 Å². The molecule has 0 fully saturated rings. The van der Waals surface area contributed by atoms with E-state index >= 15 is 0 Å². The molecule has 0 bridgehead atoms. The number of ether oxygens (including phenoxy) is 1. The van der Waals surface area contributed by atoms with E-state index in [1.165, 1.54) is 5.56 Å². The fraction of sp³-hybridized carbons (Fsp3) is 0.429. The first-order valence-corrected chi connectivity index (χ1v) is 7.14. The second-order valence-corrected chi connectivity index (χ2v) is 5.28.